The van der Waals surface area contributed by atoms with Gasteiger partial charge >= 0.3 is 0 Å². The quantitative estimate of drug-likeness (QED) is 0.716. The summed E-state index contributed by atoms with van der Waals surface area (Å²) in [7, 11) is 0. The molecular formula is C20H15FN2O2S. The lowest BCUT2D eigenvalue weighted by Crippen LogP contribution is -2.32. The molecule has 130 valence electrons. The highest BCUT2D eigenvalue weighted by atomic mass is 32.1. The van der Waals surface area contributed by atoms with Crippen molar-refractivity contribution in [2.75, 3.05) is 6.61 Å². The lowest BCUT2D eigenvalue weighted by molar-refractivity contribution is -0.123. The van der Waals surface area contributed by atoms with Gasteiger partial charge in [-0.25, -0.2) is 4.39 Å². The zero-order valence-electron chi connectivity index (χ0n) is 13.7. The van der Waals surface area contributed by atoms with Crippen molar-refractivity contribution in [3.05, 3.63) is 87.9 Å². The Hall–Kier alpha value is -3.17. The Morgan fingerprint density at radius 1 is 1.15 bits per heavy atom. The summed E-state index contributed by atoms with van der Waals surface area (Å²) in [4.78, 5) is 13.3. The van der Waals surface area contributed by atoms with Crippen LogP contribution in [0.25, 0.3) is 0 Å². The first-order valence-corrected chi connectivity index (χ1v) is 8.75. The largest absolute Gasteiger partial charge is 0.484 e. The summed E-state index contributed by atoms with van der Waals surface area (Å²) in [5.41, 5.74) is 1.32. The maximum atomic E-state index is 13.2. The minimum Gasteiger partial charge on any atom is -0.484 e. The summed E-state index contributed by atoms with van der Waals surface area (Å²) in [5.74, 6) is -0.111. The van der Waals surface area contributed by atoms with Crippen LogP contribution in [0.4, 0.5) is 4.39 Å². The Morgan fingerprint density at radius 2 is 1.88 bits per heavy atom. The number of thiophene rings is 1. The van der Waals surface area contributed by atoms with Gasteiger partial charge in [0.2, 0.25) is 0 Å². The summed E-state index contributed by atoms with van der Waals surface area (Å²) in [6.45, 7) is -0.158. The second-order valence-electron chi connectivity index (χ2n) is 5.49. The molecule has 0 saturated heterocycles. The number of carbonyl (C=O) groups is 1. The molecule has 0 bridgehead atoms. The minimum atomic E-state index is -0.368. The van der Waals surface area contributed by atoms with Crippen molar-refractivity contribution in [3.63, 3.8) is 0 Å². The Bertz CT molecular complexity index is 900. The van der Waals surface area contributed by atoms with Crippen LogP contribution in [0.1, 0.15) is 22.0 Å². The summed E-state index contributed by atoms with van der Waals surface area (Å²) < 4.78 is 18.7. The molecule has 26 heavy (non-hydrogen) atoms. The fourth-order valence-corrected chi connectivity index (χ4v) is 3.21. The maximum Gasteiger partial charge on any atom is 0.258 e. The topological polar surface area (TPSA) is 62.1 Å². The zero-order chi connectivity index (χ0) is 18.4. The normalized spacial score (nSPS) is 11.4. The van der Waals surface area contributed by atoms with Crippen molar-refractivity contribution in [1.82, 2.24) is 5.32 Å². The average molecular weight is 366 g/mol. The van der Waals surface area contributed by atoms with Gasteiger partial charge in [-0.1, -0.05) is 18.2 Å². The molecule has 6 heteroatoms. The van der Waals surface area contributed by atoms with Crippen molar-refractivity contribution in [1.29, 1.82) is 5.26 Å². The highest BCUT2D eigenvalue weighted by Gasteiger charge is 2.18. The molecule has 0 saturated carbocycles. The van der Waals surface area contributed by atoms with Gasteiger partial charge in [-0.05, 0) is 53.4 Å². The standard InChI is InChI=1S/C20H15FN2O2S/c21-16-7-5-15(6-8-16)20(18-2-1-11-26-18)23-19(24)13-25-17-9-3-14(12-22)4-10-17/h1-11,20H,13H2,(H,23,24). The average Bonchev–Trinajstić information content (AvgIpc) is 3.20. The first-order valence-electron chi connectivity index (χ1n) is 7.87. The molecule has 0 aliphatic carbocycles. The van der Waals surface area contributed by atoms with Gasteiger partial charge in [-0.2, -0.15) is 5.26 Å². The highest BCUT2D eigenvalue weighted by Crippen LogP contribution is 2.26. The van der Waals surface area contributed by atoms with Gasteiger partial charge in [0.25, 0.3) is 5.91 Å². The van der Waals surface area contributed by atoms with Crippen molar-refractivity contribution < 1.29 is 13.9 Å². The Labute approximate surface area is 154 Å². The van der Waals surface area contributed by atoms with Crippen LogP contribution in [0, 0.1) is 17.1 Å². The number of rotatable bonds is 6. The van der Waals surface area contributed by atoms with Crippen molar-refractivity contribution in [2.45, 2.75) is 6.04 Å². The molecule has 1 aromatic heterocycles. The van der Waals surface area contributed by atoms with Crippen LogP contribution < -0.4 is 10.1 Å². The number of hydrogen-bond acceptors (Lipinski definition) is 4. The Balaban J connectivity index is 1.67. The second-order valence-corrected chi connectivity index (χ2v) is 6.47. The minimum absolute atomic E-state index is 0.158. The number of nitrogens with one attached hydrogen (secondary N) is 1. The predicted octanol–water partition coefficient (Wildman–Crippen LogP) is 4.04. The van der Waals surface area contributed by atoms with E-state index in [0.29, 0.717) is 11.3 Å². The first kappa shape index (κ1) is 17.6. The van der Waals surface area contributed by atoms with Gasteiger partial charge < -0.3 is 10.1 Å². The fourth-order valence-electron chi connectivity index (χ4n) is 2.41. The van der Waals surface area contributed by atoms with E-state index in [-0.39, 0.29) is 24.4 Å². The van der Waals surface area contributed by atoms with E-state index in [2.05, 4.69) is 5.32 Å². The fraction of sp³-hybridized carbons (Fsp3) is 0.100. The number of nitriles is 1. The van der Waals surface area contributed by atoms with Gasteiger partial charge in [0.15, 0.2) is 6.61 Å². The lowest BCUT2D eigenvalue weighted by atomic mass is 10.1. The molecular weight excluding hydrogens is 351 g/mol. The molecule has 1 atom stereocenters. The van der Waals surface area contributed by atoms with E-state index >= 15 is 0 Å². The molecule has 0 radical (unpaired) electrons. The van der Waals surface area contributed by atoms with E-state index in [4.69, 9.17) is 10.00 Å². The molecule has 1 unspecified atom stereocenters. The molecule has 0 aliphatic rings. The first-order chi connectivity index (χ1) is 12.7. The van der Waals surface area contributed by atoms with Crippen LogP contribution in [0.2, 0.25) is 0 Å². The summed E-state index contributed by atoms with van der Waals surface area (Å²) in [6.07, 6.45) is 0. The third kappa shape index (κ3) is 4.47. The number of benzene rings is 2. The van der Waals surface area contributed by atoms with Gasteiger partial charge in [0, 0.05) is 4.88 Å². The lowest BCUT2D eigenvalue weighted by Gasteiger charge is -2.18. The number of ether oxygens (including phenoxy) is 1. The molecule has 4 nitrogen and oxygen atoms in total. The van der Waals surface area contributed by atoms with E-state index < -0.39 is 0 Å². The Kier molecular flexibility index (Phi) is 5.62. The highest BCUT2D eigenvalue weighted by molar-refractivity contribution is 7.10. The number of nitrogens with zero attached hydrogens (tertiary/aromatic N) is 1. The maximum absolute atomic E-state index is 13.2. The smallest absolute Gasteiger partial charge is 0.258 e. The molecule has 1 heterocycles. The van der Waals surface area contributed by atoms with E-state index in [9.17, 15) is 9.18 Å². The third-order valence-corrected chi connectivity index (χ3v) is 4.63. The van der Waals surface area contributed by atoms with E-state index in [1.54, 1.807) is 36.4 Å². The monoisotopic (exact) mass is 366 g/mol. The van der Waals surface area contributed by atoms with Crippen molar-refractivity contribution >= 4 is 17.2 Å². The number of hydrogen-bond donors (Lipinski definition) is 1. The molecule has 0 fully saturated rings. The Morgan fingerprint density at radius 3 is 2.50 bits per heavy atom. The van der Waals surface area contributed by atoms with Gasteiger partial charge in [-0.3, -0.25) is 4.79 Å². The predicted molar refractivity (Wildman–Crippen MR) is 97.4 cm³/mol. The number of amides is 1. The van der Waals surface area contributed by atoms with Crippen molar-refractivity contribution in [2.24, 2.45) is 0 Å². The van der Waals surface area contributed by atoms with Crippen LogP contribution in [0.15, 0.2) is 66.0 Å². The molecule has 2 aromatic carbocycles. The molecule has 3 rings (SSSR count). The van der Waals surface area contributed by atoms with Gasteiger partial charge in [-0.15, -0.1) is 11.3 Å². The molecule has 1 amide bonds. The second kappa shape index (κ2) is 8.28. The van der Waals surface area contributed by atoms with Crippen LogP contribution >= 0.6 is 11.3 Å². The zero-order valence-corrected chi connectivity index (χ0v) is 14.5. The molecule has 1 N–H and O–H groups in total. The van der Waals surface area contributed by atoms with Gasteiger partial charge in [0.1, 0.15) is 11.6 Å². The molecule has 0 spiro atoms. The summed E-state index contributed by atoms with van der Waals surface area (Å²) >= 11 is 1.51. The van der Waals surface area contributed by atoms with Crippen LogP contribution in [-0.2, 0) is 4.79 Å². The number of halogens is 1. The van der Waals surface area contributed by atoms with Gasteiger partial charge in [0.05, 0.1) is 17.7 Å². The van der Waals surface area contributed by atoms with Crippen LogP contribution in [0.5, 0.6) is 5.75 Å². The van der Waals surface area contributed by atoms with Crippen molar-refractivity contribution in [3.8, 4) is 11.8 Å². The SMILES string of the molecule is N#Cc1ccc(OCC(=O)NC(c2ccc(F)cc2)c2cccs2)cc1. The van der Waals surface area contributed by atoms with Crippen LogP contribution in [0.3, 0.4) is 0 Å². The molecule has 3 aromatic rings. The molecule has 0 aliphatic heterocycles. The number of carbonyl (C=O) groups excluding carboxylic acids is 1. The summed E-state index contributed by atoms with van der Waals surface area (Å²) in [6, 6.07) is 18.1. The third-order valence-electron chi connectivity index (χ3n) is 3.69. The van der Waals surface area contributed by atoms with Crippen LogP contribution in [-0.4, -0.2) is 12.5 Å². The van der Waals surface area contributed by atoms with E-state index in [0.717, 1.165) is 10.4 Å². The van der Waals surface area contributed by atoms with E-state index in [1.165, 1.54) is 23.5 Å². The summed E-state index contributed by atoms with van der Waals surface area (Å²) in [5, 5.41) is 13.6. The van der Waals surface area contributed by atoms with E-state index in [1.807, 2.05) is 23.6 Å².